The number of nitrogens with one attached hydrogen (secondary N) is 1. The van der Waals surface area contributed by atoms with E-state index in [0.717, 1.165) is 59.1 Å². The highest BCUT2D eigenvalue weighted by Gasteiger charge is 2.43. The second kappa shape index (κ2) is 10.3. The van der Waals surface area contributed by atoms with Gasteiger partial charge in [0.2, 0.25) is 0 Å². The standard InChI is InChI=1S/C32H38N8/c1-23-11-26-7-8-32(13-23,14-24(26)2)22-34-15-25-5-6-31-35-28(19-39(31)18-25)20-40-21-30(36-37-40)27-12-29(17-33-16-27)38-9-3-4-10-38/h3-6,9-10,12,16-19,21,23-24,26,34H,7-8,11,13-15,20,22H2,1-2H3. The molecule has 3 aliphatic carbocycles. The summed E-state index contributed by atoms with van der Waals surface area (Å²) in [6.45, 7) is 7.53. The summed E-state index contributed by atoms with van der Waals surface area (Å²) in [5.41, 5.74) is 6.40. The summed E-state index contributed by atoms with van der Waals surface area (Å²) in [7, 11) is 0. The van der Waals surface area contributed by atoms with Crippen molar-refractivity contribution in [3.63, 3.8) is 0 Å². The van der Waals surface area contributed by atoms with E-state index in [2.05, 4.69) is 69.5 Å². The zero-order chi connectivity index (χ0) is 27.1. The van der Waals surface area contributed by atoms with Gasteiger partial charge in [-0.3, -0.25) is 4.98 Å². The van der Waals surface area contributed by atoms with Crippen molar-refractivity contribution in [2.75, 3.05) is 6.54 Å². The van der Waals surface area contributed by atoms with Crippen molar-refractivity contribution in [1.82, 2.24) is 39.2 Å². The lowest BCUT2D eigenvalue weighted by atomic mass is 9.67. The van der Waals surface area contributed by atoms with Crippen LogP contribution in [0.15, 0.2) is 73.7 Å². The Bertz CT molecular complexity index is 1590. The van der Waals surface area contributed by atoms with Crippen molar-refractivity contribution in [3.05, 3.63) is 85.0 Å². The van der Waals surface area contributed by atoms with Crippen LogP contribution in [0.5, 0.6) is 0 Å². The Morgan fingerprint density at radius 3 is 2.83 bits per heavy atom. The van der Waals surface area contributed by atoms with Gasteiger partial charge in [-0.05, 0) is 85.1 Å². The monoisotopic (exact) mass is 534 g/mol. The predicted molar refractivity (Wildman–Crippen MR) is 156 cm³/mol. The molecule has 0 saturated heterocycles. The zero-order valence-corrected chi connectivity index (χ0v) is 23.4. The predicted octanol–water partition coefficient (Wildman–Crippen LogP) is 5.77. The fourth-order valence-electron chi connectivity index (χ4n) is 7.47. The van der Waals surface area contributed by atoms with Crippen molar-refractivity contribution in [2.45, 2.75) is 59.0 Å². The first-order valence-electron chi connectivity index (χ1n) is 14.7. The summed E-state index contributed by atoms with van der Waals surface area (Å²) in [6, 6.07) is 10.4. The molecule has 0 aromatic carbocycles. The molecule has 4 atom stereocenters. The van der Waals surface area contributed by atoms with E-state index >= 15 is 0 Å². The largest absolute Gasteiger partial charge is 0.322 e. The SMILES string of the molecule is CC1CC2CCC(CNCc3ccc4nc(Cn5cc(-c6cncc(-n7cccc7)c6)nn5)cn4c3)(C1)CC2C. The topological polar surface area (TPSA) is 77.9 Å². The highest BCUT2D eigenvalue weighted by atomic mass is 15.4. The van der Waals surface area contributed by atoms with Crippen LogP contribution in [0.2, 0.25) is 0 Å². The van der Waals surface area contributed by atoms with Gasteiger partial charge in [0.05, 0.1) is 30.3 Å². The van der Waals surface area contributed by atoms with E-state index < -0.39 is 0 Å². The third-order valence-electron chi connectivity index (χ3n) is 9.27. The van der Waals surface area contributed by atoms with Crippen LogP contribution in [0.4, 0.5) is 0 Å². The maximum absolute atomic E-state index is 4.83. The quantitative estimate of drug-likeness (QED) is 0.274. The van der Waals surface area contributed by atoms with Gasteiger partial charge in [-0.2, -0.15) is 0 Å². The van der Waals surface area contributed by atoms with E-state index in [4.69, 9.17) is 4.98 Å². The maximum atomic E-state index is 4.83. The maximum Gasteiger partial charge on any atom is 0.137 e. The van der Waals surface area contributed by atoms with Crippen LogP contribution in [0.3, 0.4) is 0 Å². The molecule has 0 amide bonds. The van der Waals surface area contributed by atoms with Crippen molar-refractivity contribution in [3.8, 4) is 16.9 Å². The lowest BCUT2D eigenvalue weighted by molar-refractivity contribution is 0.114. The minimum atomic E-state index is 0.481. The third-order valence-corrected chi connectivity index (χ3v) is 9.27. The molecule has 8 heteroatoms. The van der Waals surface area contributed by atoms with Crippen molar-refractivity contribution in [1.29, 1.82) is 0 Å². The minimum absolute atomic E-state index is 0.481. The average Bonchev–Trinajstić information content (AvgIpc) is 3.69. The normalized spacial score (nSPS) is 24.5. The lowest BCUT2D eigenvalue weighted by Gasteiger charge is -2.41. The fourth-order valence-corrected chi connectivity index (χ4v) is 7.47. The summed E-state index contributed by atoms with van der Waals surface area (Å²) in [6.07, 6.45) is 20.9. The first-order chi connectivity index (χ1) is 19.5. The molecule has 2 bridgehead atoms. The number of pyridine rings is 2. The van der Waals surface area contributed by atoms with Crippen LogP contribution in [0, 0.1) is 23.2 Å². The van der Waals surface area contributed by atoms with Gasteiger partial charge in [0.1, 0.15) is 11.3 Å². The molecule has 8 rings (SSSR count). The third kappa shape index (κ3) is 5.08. The van der Waals surface area contributed by atoms with Gasteiger partial charge in [0, 0.05) is 49.6 Å². The number of rotatable bonds is 8. The first kappa shape index (κ1) is 25.2. The van der Waals surface area contributed by atoms with Crippen LogP contribution in [-0.4, -0.2) is 40.5 Å². The molecule has 5 aromatic heterocycles. The van der Waals surface area contributed by atoms with Crippen LogP contribution < -0.4 is 5.32 Å². The molecule has 4 unspecified atom stereocenters. The molecule has 3 aliphatic rings. The van der Waals surface area contributed by atoms with Gasteiger partial charge in [0.15, 0.2) is 0 Å². The summed E-state index contributed by atoms with van der Waals surface area (Å²) in [5, 5.41) is 12.6. The summed E-state index contributed by atoms with van der Waals surface area (Å²) in [5.74, 6) is 2.67. The molecule has 5 heterocycles. The van der Waals surface area contributed by atoms with Gasteiger partial charge in [-0.25, -0.2) is 9.67 Å². The molecule has 1 N–H and O–H groups in total. The molecule has 5 aromatic rings. The smallest absolute Gasteiger partial charge is 0.137 e. The van der Waals surface area contributed by atoms with Gasteiger partial charge >= 0.3 is 0 Å². The van der Waals surface area contributed by atoms with Crippen molar-refractivity contribution < 1.29 is 0 Å². The van der Waals surface area contributed by atoms with E-state index in [0.29, 0.717) is 12.0 Å². The number of imidazole rings is 1. The second-order valence-electron chi connectivity index (χ2n) is 12.5. The van der Waals surface area contributed by atoms with E-state index in [1.165, 1.54) is 37.7 Å². The van der Waals surface area contributed by atoms with Gasteiger partial charge in [-0.15, -0.1) is 5.10 Å². The van der Waals surface area contributed by atoms with E-state index in [9.17, 15) is 0 Å². The minimum Gasteiger partial charge on any atom is -0.322 e. The van der Waals surface area contributed by atoms with Gasteiger partial charge < -0.3 is 14.3 Å². The van der Waals surface area contributed by atoms with Crippen LogP contribution in [0.25, 0.3) is 22.6 Å². The van der Waals surface area contributed by atoms with Crippen LogP contribution >= 0.6 is 0 Å². The molecular formula is C32H38N8. The highest BCUT2D eigenvalue weighted by Crippen LogP contribution is 2.52. The van der Waals surface area contributed by atoms with E-state index in [1.54, 1.807) is 0 Å². The number of hydrogen-bond donors (Lipinski definition) is 1. The molecule has 40 heavy (non-hydrogen) atoms. The zero-order valence-electron chi connectivity index (χ0n) is 23.4. The molecule has 8 nitrogen and oxygen atoms in total. The number of nitrogens with zero attached hydrogens (tertiary/aromatic N) is 7. The highest BCUT2D eigenvalue weighted by molar-refractivity contribution is 5.59. The average molecular weight is 535 g/mol. The lowest BCUT2D eigenvalue weighted by Crippen LogP contribution is -2.38. The number of aromatic nitrogens is 7. The molecular weight excluding hydrogens is 496 g/mol. The fraction of sp³-hybridized carbons (Fsp3) is 0.438. The Balaban J connectivity index is 1.00. The molecule has 0 radical (unpaired) electrons. The first-order valence-corrected chi connectivity index (χ1v) is 14.7. The van der Waals surface area contributed by atoms with Crippen LogP contribution in [-0.2, 0) is 13.1 Å². The van der Waals surface area contributed by atoms with Crippen LogP contribution in [0.1, 0.15) is 57.2 Å². The summed E-state index contributed by atoms with van der Waals surface area (Å²) in [4.78, 5) is 9.23. The Hall–Kier alpha value is -3.78. The van der Waals surface area contributed by atoms with Gasteiger partial charge in [-0.1, -0.05) is 25.1 Å². The Labute approximate surface area is 235 Å². The number of fused-ring (bicyclic) bond motifs is 5. The van der Waals surface area contributed by atoms with E-state index in [-0.39, 0.29) is 0 Å². The second-order valence-corrected chi connectivity index (χ2v) is 12.5. The molecule has 0 spiro atoms. The van der Waals surface area contributed by atoms with Crippen molar-refractivity contribution >= 4 is 5.65 Å². The van der Waals surface area contributed by atoms with E-state index in [1.807, 2.05) is 52.4 Å². The van der Waals surface area contributed by atoms with Crippen molar-refractivity contribution in [2.24, 2.45) is 23.2 Å². The molecule has 3 saturated carbocycles. The molecule has 3 fully saturated rings. The summed E-state index contributed by atoms with van der Waals surface area (Å²) >= 11 is 0. The Kier molecular flexibility index (Phi) is 6.50. The Morgan fingerprint density at radius 1 is 1.05 bits per heavy atom. The van der Waals surface area contributed by atoms with Gasteiger partial charge in [0.25, 0.3) is 0 Å². The summed E-state index contributed by atoms with van der Waals surface area (Å²) < 4.78 is 6.00. The molecule has 206 valence electrons. The number of hydrogen-bond acceptors (Lipinski definition) is 5. The Morgan fingerprint density at radius 2 is 1.95 bits per heavy atom. The molecule has 0 aliphatic heterocycles.